The summed E-state index contributed by atoms with van der Waals surface area (Å²) in [5.41, 5.74) is 0. The zero-order valence-electron chi connectivity index (χ0n) is 9.81. The molecule has 3 nitrogen and oxygen atoms in total. The van der Waals surface area contributed by atoms with Gasteiger partial charge in [-0.1, -0.05) is 25.1 Å². The molecule has 0 bridgehead atoms. The van der Waals surface area contributed by atoms with Crippen molar-refractivity contribution in [2.24, 2.45) is 0 Å². The molecule has 1 unspecified atom stereocenters. The summed E-state index contributed by atoms with van der Waals surface area (Å²) in [6.07, 6.45) is 2.45. The molecule has 0 radical (unpaired) electrons. The number of hydrogen-bond donors (Lipinski definition) is 2. The maximum atomic E-state index is 9.19. The maximum absolute atomic E-state index is 9.19. The van der Waals surface area contributed by atoms with Gasteiger partial charge in [-0.15, -0.1) is 0 Å². The molecule has 0 aromatic heterocycles. The Morgan fingerprint density at radius 3 is 2.69 bits per heavy atom. The quantitative estimate of drug-likeness (QED) is 0.724. The zero-order valence-corrected chi connectivity index (χ0v) is 9.81. The molecule has 16 heavy (non-hydrogen) atoms. The Hall–Kier alpha value is -1.48. The summed E-state index contributed by atoms with van der Waals surface area (Å²) < 4.78 is 5.64. The molecule has 1 aromatic rings. The van der Waals surface area contributed by atoms with Crippen LogP contribution in [0.15, 0.2) is 42.3 Å². The normalized spacial score (nSPS) is 13.3. The Morgan fingerprint density at radius 2 is 2.12 bits per heavy atom. The third-order valence-corrected chi connectivity index (χ3v) is 1.93. The van der Waals surface area contributed by atoms with Crippen LogP contribution in [0, 0.1) is 0 Å². The summed E-state index contributed by atoms with van der Waals surface area (Å²) in [6.45, 7) is 4.26. The average Bonchev–Trinajstić information content (AvgIpc) is 2.27. The van der Waals surface area contributed by atoms with Gasteiger partial charge in [0, 0.05) is 6.54 Å². The highest BCUT2D eigenvalue weighted by Crippen LogP contribution is 2.11. The predicted octanol–water partition coefficient (Wildman–Crippen LogP) is 2.29. The number of para-hydroxylation sites is 1. The Balaban J connectivity index is 2.55. The first kappa shape index (κ1) is 12.6. The van der Waals surface area contributed by atoms with Crippen molar-refractivity contribution >= 4 is 0 Å². The van der Waals surface area contributed by atoms with Crippen molar-refractivity contribution < 1.29 is 9.84 Å². The van der Waals surface area contributed by atoms with E-state index in [9.17, 15) is 5.11 Å². The van der Waals surface area contributed by atoms with Gasteiger partial charge in [-0.05, 0) is 31.6 Å². The van der Waals surface area contributed by atoms with E-state index in [1.807, 2.05) is 43.3 Å². The molecule has 1 rings (SSSR count). The van der Waals surface area contributed by atoms with Crippen LogP contribution in [0.2, 0.25) is 0 Å². The lowest BCUT2D eigenvalue weighted by atomic mass is 10.3. The largest absolute Gasteiger partial charge is 0.442 e. The van der Waals surface area contributed by atoms with Gasteiger partial charge >= 0.3 is 0 Å². The molecule has 0 saturated carbocycles. The molecule has 0 aliphatic rings. The van der Waals surface area contributed by atoms with E-state index >= 15 is 0 Å². The van der Waals surface area contributed by atoms with Gasteiger partial charge in [-0.3, -0.25) is 0 Å². The molecule has 1 atom stereocenters. The van der Waals surface area contributed by atoms with Crippen LogP contribution in [0.5, 0.6) is 5.75 Å². The Kier molecular flexibility index (Phi) is 5.43. The van der Waals surface area contributed by atoms with Crippen LogP contribution in [0.3, 0.4) is 0 Å². The highest BCUT2D eigenvalue weighted by Gasteiger charge is 2.01. The number of aliphatic hydroxyl groups is 1. The lowest BCUT2D eigenvalue weighted by Gasteiger charge is -2.13. The summed E-state index contributed by atoms with van der Waals surface area (Å²) in [6, 6.07) is 9.58. The van der Waals surface area contributed by atoms with E-state index in [1.165, 1.54) is 0 Å². The summed E-state index contributed by atoms with van der Waals surface area (Å²) in [5, 5.41) is 12.2. The van der Waals surface area contributed by atoms with Crippen molar-refractivity contribution in [3.8, 4) is 5.75 Å². The lowest BCUT2D eigenvalue weighted by molar-refractivity contribution is 0.188. The van der Waals surface area contributed by atoms with Gasteiger partial charge in [0.2, 0.25) is 0 Å². The van der Waals surface area contributed by atoms with Crippen LogP contribution < -0.4 is 10.1 Å². The molecule has 0 aliphatic heterocycles. The predicted molar refractivity (Wildman–Crippen MR) is 65.1 cm³/mol. The van der Waals surface area contributed by atoms with Gasteiger partial charge in [-0.25, -0.2) is 0 Å². The molecular weight excluding hydrogens is 202 g/mol. The third-order valence-electron chi connectivity index (χ3n) is 1.93. The van der Waals surface area contributed by atoms with Crippen LogP contribution in [0.25, 0.3) is 0 Å². The molecule has 0 spiro atoms. The van der Waals surface area contributed by atoms with Gasteiger partial charge < -0.3 is 15.2 Å². The van der Waals surface area contributed by atoms with Crippen molar-refractivity contribution in [1.82, 2.24) is 5.32 Å². The lowest BCUT2D eigenvalue weighted by Crippen LogP contribution is -2.26. The van der Waals surface area contributed by atoms with Gasteiger partial charge in [0.1, 0.15) is 5.75 Å². The second-order valence-electron chi connectivity index (χ2n) is 3.62. The monoisotopic (exact) mass is 221 g/mol. The van der Waals surface area contributed by atoms with Crippen LogP contribution in [-0.2, 0) is 0 Å². The first-order chi connectivity index (χ1) is 7.72. The Labute approximate surface area is 96.8 Å². The van der Waals surface area contributed by atoms with Crippen LogP contribution in [0.4, 0.5) is 0 Å². The molecule has 0 aliphatic carbocycles. The minimum absolute atomic E-state index is 0.389. The molecule has 88 valence electrons. The van der Waals surface area contributed by atoms with E-state index in [4.69, 9.17) is 4.74 Å². The molecule has 0 amide bonds. The van der Waals surface area contributed by atoms with E-state index in [2.05, 4.69) is 5.32 Å². The van der Waals surface area contributed by atoms with E-state index in [1.54, 1.807) is 6.92 Å². The van der Waals surface area contributed by atoms with E-state index in [0.29, 0.717) is 12.4 Å². The second-order valence-corrected chi connectivity index (χ2v) is 3.62. The summed E-state index contributed by atoms with van der Waals surface area (Å²) in [7, 11) is 0. The van der Waals surface area contributed by atoms with Gasteiger partial charge in [0.25, 0.3) is 0 Å². The molecule has 1 aromatic carbocycles. The molecule has 0 heterocycles. The molecule has 0 fully saturated rings. The van der Waals surface area contributed by atoms with E-state index < -0.39 is 0 Å². The molecule has 0 saturated heterocycles. The molecular formula is C13H19NO2. The first-order valence-corrected chi connectivity index (χ1v) is 5.57. The average molecular weight is 221 g/mol. The van der Waals surface area contributed by atoms with Crippen LogP contribution in [0.1, 0.15) is 20.3 Å². The highest BCUT2D eigenvalue weighted by atomic mass is 16.5. The zero-order chi connectivity index (χ0) is 11.8. The summed E-state index contributed by atoms with van der Waals surface area (Å²) in [4.78, 5) is 0. The second kappa shape index (κ2) is 6.90. The van der Waals surface area contributed by atoms with Gasteiger partial charge in [0.05, 0.1) is 6.10 Å². The van der Waals surface area contributed by atoms with Crippen molar-refractivity contribution in [2.75, 3.05) is 6.54 Å². The topological polar surface area (TPSA) is 41.5 Å². The summed E-state index contributed by atoms with van der Waals surface area (Å²) >= 11 is 0. The van der Waals surface area contributed by atoms with Gasteiger partial charge in [-0.2, -0.15) is 0 Å². The van der Waals surface area contributed by atoms with Crippen LogP contribution >= 0.6 is 0 Å². The van der Waals surface area contributed by atoms with E-state index in [0.717, 1.165) is 12.2 Å². The molecule has 3 heteroatoms. The van der Waals surface area contributed by atoms with Crippen molar-refractivity contribution in [1.29, 1.82) is 0 Å². The number of allylic oxidation sites excluding steroid dienone is 1. The number of ether oxygens (including phenoxy) is 1. The number of nitrogens with one attached hydrogen (secondary N) is 1. The van der Waals surface area contributed by atoms with Gasteiger partial charge in [0.15, 0.2) is 5.88 Å². The Bertz CT molecular complexity index is 320. The first-order valence-electron chi connectivity index (χ1n) is 5.57. The highest BCUT2D eigenvalue weighted by molar-refractivity contribution is 5.23. The molecule has 2 N–H and O–H groups in total. The number of rotatable bonds is 6. The maximum Gasteiger partial charge on any atom is 0.189 e. The van der Waals surface area contributed by atoms with Crippen molar-refractivity contribution in [2.45, 2.75) is 26.4 Å². The Morgan fingerprint density at radius 1 is 1.44 bits per heavy atom. The number of benzene rings is 1. The standard InChI is InChI=1S/C13H19NO2/c1-3-7-13(14-10-11(2)15)16-12-8-5-4-6-9-12/h4-9,11,14-15H,3,10H2,1-2H3. The minimum Gasteiger partial charge on any atom is -0.442 e. The summed E-state index contributed by atoms with van der Waals surface area (Å²) in [5.74, 6) is 1.48. The minimum atomic E-state index is -0.389. The smallest absolute Gasteiger partial charge is 0.189 e. The fourth-order valence-electron chi connectivity index (χ4n) is 1.20. The number of aliphatic hydroxyl groups excluding tert-OH is 1. The van der Waals surface area contributed by atoms with Crippen molar-refractivity contribution in [3.63, 3.8) is 0 Å². The van der Waals surface area contributed by atoms with E-state index in [-0.39, 0.29) is 6.10 Å². The fraction of sp³-hybridized carbons (Fsp3) is 0.385. The fourth-order valence-corrected chi connectivity index (χ4v) is 1.20. The third kappa shape index (κ3) is 4.84. The SMILES string of the molecule is CCC=C(NCC(C)O)Oc1ccccc1. The van der Waals surface area contributed by atoms with Crippen molar-refractivity contribution in [3.05, 3.63) is 42.3 Å². The van der Waals surface area contributed by atoms with Crippen LogP contribution in [-0.4, -0.2) is 17.8 Å². The number of hydrogen-bond acceptors (Lipinski definition) is 3.